The van der Waals surface area contributed by atoms with E-state index in [0.29, 0.717) is 42.3 Å². The van der Waals surface area contributed by atoms with Gasteiger partial charge in [-0.1, -0.05) is 25.1 Å². The lowest BCUT2D eigenvalue weighted by Gasteiger charge is -2.29. The normalized spacial score (nSPS) is 12.5. The van der Waals surface area contributed by atoms with Crippen LogP contribution in [0, 0.1) is 0 Å². The number of anilines is 1. The quantitative estimate of drug-likeness (QED) is 0.414. The summed E-state index contributed by atoms with van der Waals surface area (Å²) in [4.78, 5) is 43.2. The number of hydrogen-bond acceptors (Lipinski definition) is 6. The molecule has 0 radical (unpaired) electrons. The number of carbonyl (C=O) groups excluding carboxylic acids is 3. The predicted octanol–water partition coefficient (Wildman–Crippen LogP) is 3.73. The predicted molar refractivity (Wildman–Crippen MR) is 135 cm³/mol. The van der Waals surface area contributed by atoms with Gasteiger partial charge in [-0.3, -0.25) is 19.4 Å². The lowest BCUT2D eigenvalue weighted by Crippen LogP contribution is -2.40. The number of Topliss-reactive ketones (excluding diaryl/α,β-unsaturated/α-hetero) is 1. The molecule has 0 bridgehead atoms. The van der Waals surface area contributed by atoms with Crippen LogP contribution < -0.4 is 19.7 Å². The van der Waals surface area contributed by atoms with Crippen molar-refractivity contribution in [3.63, 3.8) is 0 Å². The van der Waals surface area contributed by atoms with Gasteiger partial charge in [0, 0.05) is 37.5 Å². The van der Waals surface area contributed by atoms with E-state index in [2.05, 4.69) is 17.2 Å². The van der Waals surface area contributed by atoms with E-state index in [4.69, 9.17) is 9.47 Å². The Kier molecular flexibility index (Phi) is 8.28. The van der Waals surface area contributed by atoms with Gasteiger partial charge in [0.05, 0.1) is 5.69 Å². The number of amides is 2. The van der Waals surface area contributed by atoms with Crippen LogP contribution in [-0.4, -0.2) is 42.3 Å². The number of benzene rings is 2. The highest BCUT2D eigenvalue weighted by atomic mass is 16.5. The molecule has 0 spiro atoms. The average molecular weight is 488 g/mol. The van der Waals surface area contributed by atoms with Gasteiger partial charge in [0.15, 0.2) is 19.0 Å². The van der Waals surface area contributed by atoms with Gasteiger partial charge < -0.3 is 19.7 Å². The maximum absolute atomic E-state index is 12.8. The number of ether oxygens (including phenoxy) is 2. The maximum atomic E-state index is 12.8. The summed E-state index contributed by atoms with van der Waals surface area (Å²) >= 11 is 0. The number of nitrogens with zero attached hydrogens (tertiary/aromatic N) is 2. The summed E-state index contributed by atoms with van der Waals surface area (Å²) < 4.78 is 11.2. The molecule has 1 aliphatic rings. The maximum Gasteiger partial charge on any atom is 0.265 e. The van der Waals surface area contributed by atoms with E-state index >= 15 is 0 Å². The van der Waals surface area contributed by atoms with Crippen molar-refractivity contribution in [2.24, 2.45) is 0 Å². The standard InChI is InChI=1S/C28H29N3O5/c1-2-20-6-3-8-23(14-20)35-18-25(32)22-10-11-26-24(15-22)31(28(34)19-36-26)13-5-9-27(33)30-17-21-7-4-12-29-16-21/h3-4,6-8,10-12,14-16H,2,5,9,13,17-19H2,1H3,(H,30,33). The van der Waals surface area contributed by atoms with Crippen molar-refractivity contribution in [1.29, 1.82) is 0 Å². The molecular weight excluding hydrogens is 458 g/mol. The molecule has 1 N–H and O–H groups in total. The number of aryl methyl sites for hydroxylation is 1. The summed E-state index contributed by atoms with van der Waals surface area (Å²) in [6.45, 7) is 2.61. The van der Waals surface area contributed by atoms with Gasteiger partial charge in [0.25, 0.3) is 5.91 Å². The molecule has 0 unspecified atom stereocenters. The first-order chi connectivity index (χ1) is 17.5. The van der Waals surface area contributed by atoms with Crippen molar-refractivity contribution in [3.8, 4) is 11.5 Å². The van der Waals surface area contributed by atoms with Crippen LogP contribution in [0.5, 0.6) is 11.5 Å². The summed E-state index contributed by atoms with van der Waals surface area (Å²) in [5.41, 5.74) is 3.01. The van der Waals surface area contributed by atoms with E-state index in [-0.39, 0.29) is 37.2 Å². The molecule has 0 aliphatic carbocycles. The number of nitrogens with one attached hydrogen (secondary N) is 1. The van der Waals surface area contributed by atoms with Crippen molar-refractivity contribution in [1.82, 2.24) is 10.3 Å². The van der Waals surface area contributed by atoms with Crippen LogP contribution in [0.4, 0.5) is 5.69 Å². The Morgan fingerprint density at radius 3 is 2.78 bits per heavy atom. The van der Waals surface area contributed by atoms with E-state index < -0.39 is 0 Å². The Hall–Kier alpha value is -4.20. The fraction of sp³-hybridized carbons (Fsp3) is 0.286. The Balaban J connectivity index is 1.34. The Morgan fingerprint density at radius 2 is 1.97 bits per heavy atom. The molecule has 0 saturated heterocycles. The van der Waals surface area contributed by atoms with Crippen LogP contribution >= 0.6 is 0 Å². The molecule has 2 amide bonds. The van der Waals surface area contributed by atoms with E-state index in [1.54, 1.807) is 35.5 Å². The molecule has 4 rings (SSSR count). The van der Waals surface area contributed by atoms with Crippen molar-refractivity contribution < 1.29 is 23.9 Å². The summed E-state index contributed by atoms with van der Waals surface area (Å²) in [7, 11) is 0. The zero-order valence-corrected chi connectivity index (χ0v) is 20.2. The third-order valence-electron chi connectivity index (χ3n) is 5.90. The molecule has 0 saturated carbocycles. The molecule has 36 heavy (non-hydrogen) atoms. The molecule has 1 aromatic heterocycles. The number of fused-ring (bicyclic) bond motifs is 1. The third kappa shape index (κ3) is 6.47. The van der Waals surface area contributed by atoms with Gasteiger partial charge in [-0.25, -0.2) is 0 Å². The van der Waals surface area contributed by atoms with Crippen LogP contribution in [0.2, 0.25) is 0 Å². The van der Waals surface area contributed by atoms with Gasteiger partial charge in [-0.05, 0) is 60.4 Å². The monoisotopic (exact) mass is 487 g/mol. The highest BCUT2D eigenvalue weighted by Crippen LogP contribution is 2.33. The smallest absolute Gasteiger partial charge is 0.265 e. The highest BCUT2D eigenvalue weighted by Gasteiger charge is 2.26. The van der Waals surface area contributed by atoms with E-state index in [1.807, 2.05) is 36.4 Å². The first-order valence-electron chi connectivity index (χ1n) is 12.0. The minimum atomic E-state index is -0.213. The zero-order valence-electron chi connectivity index (χ0n) is 20.2. The minimum absolute atomic E-state index is 0.0790. The van der Waals surface area contributed by atoms with Gasteiger partial charge in [0.2, 0.25) is 5.91 Å². The van der Waals surface area contributed by atoms with Crippen LogP contribution in [-0.2, 0) is 22.6 Å². The Morgan fingerprint density at radius 1 is 1.11 bits per heavy atom. The lowest BCUT2D eigenvalue weighted by atomic mass is 10.1. The number of hydrogen-bond donors (Lipinski definition) is 1. The van der Waals surface area contributed by atoms with Gasteiger partial charge in [-0.2, -0.15) is 0 Å². The molecule has 2 aromatic carbocycles. The zero-order chi connectivity index (χ0) is 25.3. The molecule has 0 atom stereocenters. The molecule has 0 fully saturated rings. The molecule has 2 heterocycles. The van der Waals surface area contributed by atoms with E-state index in [1.165, 1.54) is 0 Å². The number of aromatic nitrogens is 1. The molecule has 8 heteroatoms. The van der Waals surface area contributed by atoms with Gasteiger partial charge in [0.1, 0.15) is 11.5 Å². The SMILES string of the molecule is CCc1cccc(OCC(=O)c2ccc3c(c2)N(CCCC(=O)NCc2cccnc2)C(=O)CO3)c1. The second-order valence-electron chi connectivity index (χ2n) is 8.47. The fourth-order valence-corrected chi connectivity index (χ4v) is 3.90. The molecule has 1 aliphatic heterocycles. The van der Waals surface area contributed by atoms with Crippen molar-refractivity contribution in [2.45, 2.75) is 32.7 Å². The largest absolute Gasteiger partial charge is 0.485 e. The highest BCUT2D eigenvalue weighted by molar-refractivity contribution is 6.02. The number of ketones is 1. The lowest BCUT2D eigenvalue weighted by molar-refractivity contribution is -0.123. The first-order valence-corrected chi connectivity index (χ1v) is 12.0. The summed E-state index contributed by atoms with van der Waals surface area (Å²) in [5, 5.41) is 2.86. The summed E-state index contributed by atoms with van der Waals surface area (Å²) in [5.74, 6) is 0.655. The van der Waals surface area contributed by atoms with Crippen LogP contribution in [0.3, 0.4) is 0 Å². The molecule has 186 valence electrons. The fourth-order valence-electron chi connectivity index (χ4n) is 3.90. The third-order valence-corrected chi connectivity index (χ3v) is 5.90. The minimum Gasteiger partial charge on any atom is -0.485 e. The molecule has 8 nitrogen and oxygen atoms in total. The van der Waals surface area contributed by atoms with E-state index in [9.17, 15) is 14.4 Å². The molecular formula is C28H29N3O5. The van der Waals surface area contributed by atoms with Crippen molar-refractivity contribution in [3.05, 3.63) is 83.7 Å². The Labute approximate surface area is 210 Å². The summed E-state index contributed by atoms with van der Waals surface area (Å²) in [6.07, 6.45) is 5.00. The van der Waals surface area contributed by atoms with E-state index in [0.717, 1.165) is 17.5 Å². The van der Waals surface area contributed by atoms with Crippen LogP contribution in [0.1, 0.15) is 41.3 Å². The van der Waals surface area contributed by atoms with Crippen molar-refractivity contribution >= 4 is 23.3 Å². The molecule has 3 aromatic rings. The van der Waals surface area contributed by atoms with Gasteiger partial charge in [-0.15, -0.1) is 0 Å². The van der Waals surface area contributed by atoms with Crippen molar-refractivity contribution in [2.75, 3.05) is 24.7 Å². The average Bonchev–Trinajstić information content (AvgIpc) is 2.92. The van der Waals surface area contributed by atoms with Crippen LogP contribution in [0.25, 0.3) is 0 Å². The second kappa shape index (κ2) is 12.0. The summed E-state index contributed by atoms with van der Waals surface area (Å²) in [6, 6.07) is 16.4. The number of pyridine rings is 1. The van der Waals surface area contributed by atoms with Crippen LogP contribution in [0.15, 0.2) is 67.0 Å². The number of carbonyl (C=O) groups is 3. The van der Waals surface area contributed by atoms with Gasteiger partial charge >= 0.3 is 0 Å². The topological polar surface area (TPSA) is 97.8 Å². The number of rotatable bonds is 11. The second-order valence-corrected chi connectivity index (χ2v) is 8.47. The Bertz CT molecular complexity index is 1230. The first kappa shape index (κ1) is 24.9.